The SMILES string of the molecule is Cc1cc(/C=C(\C#N)C(=O)OCC(=O)NCc2cccs2)c(C)n1CC(C)C. The van der Waals surface area contributed by atoms with E-state index >= 15 is 0 Å². The second kappa shape index (κ2) is 9.90. The molecule has 0 aromatic carbocycles. The summed E-state index contributed by atoms with van der Waals surface area (Å²) in [4.78, 5) is 25.0. The normalized spacial score (nSPS) is 11.4. The Morgan fingerprint density at radius 2 is 2.14 bits per heavy atom. The van der Waals surface area contributed by atoms with Crippen LogP contribution in [0.1, 0.15) is 35.7 Å². The number of esters is 1. The van der Waals surface area contributed by atoms with Gasteiger partial charge in [-0.1, -0.05) is 19.9 Å². The third-order valence-corrected chi connectivity index (χ3v) is 5.05. The number of carbonyl (C=O) groups excluding carboxylic acids is 2. The number of nitriles is 1. The molecule has 0 saturated carbocycles. The van der Waals surface area contributed by atoms with Crippen LogP contribution < -0.4 is 5.32 Å². The Bertz CT molecular complexity index is 902. The molecule has 2 heterocycles. The molecule has 0 aliphatic rings. The third-order valence-electron chi connectivity index (χ3n) is 4.17. The van der Waals surface area contributed by atoms with Crippen LogP contribution in [0.15, 0.2) is 29.2 Å². The van der Waals surface area contributed by atoms with Crippen LogP contribution in [-0.2, 0) is 27.4 Å². The van der Waals surface area contributed by atoms with Gasteiger partial charge in [-0.2, -0.15) is 5.26 Å². The highest BCUT2D eigenvalue weighted by atomic mass is 32.1. The van der Waals surface area contributed by atoms with Gasteiger partial charge in [0.05, 0.1) is 6.54 Å². The van der Waals surface area contributed by atoms with Crippen LogP contribution in [0.3, 0.4) is 0 Å². The molecule has 0 saturated heterocycles. The maximum atomic E-state index is 12.2. The van der Waals surface area contributed by atoms with E-state index in [2.05, 4.69) is 23.7 Å². The molecule has 0 unspecified atom stereocenters. The van der Waals surface area contributed by atoms with E-state index in [1.165, 1.54) is 17.4 Å². The quantitative estimate of drug-likeness (QED) is 0.418. The summed E-state index contributed by atoms with van der Waals surface area (Å²) in [5.41, 5.74) is 2.72. The molecule has 1 amide bonds. The number of nitrogens with one attached hydrogen (secondary N) is 1. The summed E-state index contributed by atoms with van der Waals surface area (Å²) in [6.45, 7) is 9.05. The molecule has 0 aliphatic heterocycles. The molecule has 1 N–H and O–H groups in total. The van der Waals surface area contributed by atoms with Gasteiger partial charge < -0.3 is 14.6 Å². The van der Waals surface area contributed by atoms with E-state index < -0.39 is 18.5 Å². The highest BCUT2D eigenvalue weighted by molar-refractivity contribution is 7.09. The largest absolute Gasteiger partial charge is 0.451 e. The van der Waals surface area contributed by atoms with E-state index in [4.69, 9.17) is 4.74 Å². The number of hydrogen-bond donors (Lipinski definition) is 1. The second-order valence-corrected chi connectivity index (χ2v) is 7.97. The minimum Gasteiger partial charge on any atom is -0.451 e. The Morgan fingerprint density at radius 1 is 1.39 bits per heavy atom. The van der Waals surface area contributed by atoms with Gasteiger partial charge in [0, 0.05) is 22.8 Å². The van der Waals surface area contributed by atoms with Crippen LogP contribution in [-0.4, -0.2) is 23.1 Å². The Morgan fingerprint density at radius 3 is 2.75 bits per heavy atom. The fraction of sp³-hybridized carbons (Fsp3) is 0.381. The molecule has 0 spiro atoms. The molecule has 2 aromatic heterocycles. The first-order chi connectivity index (χ1) is 13.3. The van der Waals surface area contributed by atoms with E-state index in [1.54, 1.807) is 0 Å². The number of ether oxygens (including phenoxy) is 1. The van der Waals surface area contributed by atoms with Crippen LogP contribution in [0.25, 0.3) is 6.08 Å². The number of nitrogens with zero attached hydrogens (tertiary/aromatic N) is 2. The van der Waals surface area contributed by atoms with Gasteiger partial charge in [-0.15, -0.1) is 11.3 Å². The van der Waals surface area contributed by atoms with E-state index in [-0.39, 0.29) is 5.57 Å². The summed E-state index contributed by atoms with van der Waals surface area (Å²) >= 11 is 1.53. The van der Waals surface area contributed by atoms with E-state index in [9.17, 15) is 14.9 Å². The standard InChI is InChI=1S/C21H25N3O3S/c1-14(2)12-24-15(3)8-17(16(24)4)9-18(10-22)21(26)27-13-20(25)23-11-19-6-5-7-28-19/h5-9,14H,11-13H2,1-4H3,(H,23,25)/b18-9+. The Labute approximate surface area is 169 Å². The zero-order valence-corrected chi connectivity index (χ0v) is 17.4. The maximum Gasteiger partial charge on any atom is 0.349 e. The first kappa shape index (κ1) is 21.5. The van der Waals surface area contributed by atoms with Crippen molar-refractivity contribution in [2.24, 2.45) is 5.92 Å². The number of carbonyl (C=O) groups is 2. The number of hydrogen-bond acceptors (Lipinski definition) is 5. The van der Waals surface area contributed by atoms with Gasteiger partial charge in [0.25, 0.3) is 5.91 Å². The minimum atomic E-state index is -0.803. The van der Waals surface area contributed by atoms with Crippen molar-refractivity contribution in [1.82, 2.24) is 9.88 Å². The Hall–Kier alpha value is -2.85. The van der Waals surface area contributed by atoms with Crippen molar-refractivity contribution in [1.29, 1.82) is 5.26 Å². The van der Waals surface area contributed by atoms with Gasteiger partial charge in [-0.3, -0.25) is 4.79 Å². The van der Waals surface area contributed by atoms with Crippen molar-refractivity contribution >= 4 is 29.3 Å². The van der Waals surface area contributed by atoms with E-state index in [0.29, 0.717) is 12.5 Å². The number of aryl methyl sites for hydroxylation is 1. The lowest BCUT2D eigenvalue weighted by Crippen LogP contribution is -2.28. The minimum absolute atomic E-state index is 0.129. The first-order valence-electron chi connectivity index (χ1n) is 9.06. The summed E-state index contributed by atoms with van der Waals surface area (Å²) in [6.07, 6.45) is 1.52. The fourth-order valence-corrected chi connectivity index (χ4v) is 3.42. The topological polar surface area (TPSA) is 84.1 Å². The Balaban J connectivity index is 1.99. The maximum absolute atomic E-state index is 12.2. The molecular formula is C21H25N3O3S. The van der Waals surface area contributed by atoms with Crippen LogP contribution in [0.2, 0.25) is 0 Å². The van der Waals surface area contributed by atoms with Gasteiger partial charge in [0.2, 0.25) is 0 Å². The zero-order valence-electron chi connectivity index (χ0n) is 16.6. The third kappa shape index (κ3) is 5.83. The smallest absolute Gasteiger partial charge is 0.349 e. The molecule has 0 fully saturated rings. The average molecular weight is 400 g/mol. The summed E-state index contributed by atoms with van der Waals surface area (Å²) in [5.74, 6) is -0.730. The molecule has 2 rings (SSSR count). The van der Waals surface area contributed by atoms with E-state index in [1.807, 2.05) is 43.5 Å². The number of aromatic nitrogens is 1. The van der Waals surface area contributed by atoms with Crippen LogP contribution in [0, 0.1) is 31.1 Å². The molecule has 7 heteroatoms. The van der Waals surface area contributed by atoms with Crippen molar-refractivity contribution in [2.75, 3.05) is 6.61 Å². The van der Waals surface area contributed by atoms with Gasteiger partial charge in [0.1, 0.15) is 11.6 Å². The monoisotopic (exact) mass is 399 g/mol. The molecule has 0 radical (unpaired) electrons. The average Bonchev–Trinajstić information content (AvgIpc) is 3.26. The lowest BCUT2D eigenvalue weighted by Gasteiger charge is -2.12. The van der Waals surface area contributed by atoms with Crippen molar-refractivity contribution in [2.45, 2.75) is 40.8 Å². The molecule has 6 nitrogen and oxygen atoms in total. The van der Waals surface area contributed by atoms with Crippen molar-refractivity contribution in [3.05, 3.63) is 51.0 Å². The highest BCUT2D eigenvalue weighted by Gasteiger charge is 2.16. The number of thiophene rings is 1. The van der Waals surface area contributed by atoms with Crippen molar-refractivity contribution in [3.63, 3.8) is 0 Å². The predicted octanol–water partition coefficient (Wildman–Crippen LogP) is 3.59. The van der Waals surface area contributed by atoms with Crippen LogP contribution in [0.4, 0.5) is 0 Å². The van der Waals surface area contributed by atoms with Gasteiger partial charge >= 0.3 is 5.97 Å². The lowest BCUT2D eigenvalue weighted by molar-refractivity contribution is -0.144. The fourth-order valence-electron chi connectivity index (χ4n) is 2.77. The summed E-state index contributed by atoms with van der Waals surface area (Å²) < 4.78 is 7.16. The predicted molar refractivity (Wildman–Crippen MR) is 109 cm³/mol. The second-order valence-electron chi connectivity index (χ2n) is 6.93. The number of amides is 1. The summed E-state index contributed by atoms with van der Waals surface area (Å²) in [7, 11) is 0. The highest BCUT2D eigenvalue weighted by Crippen LogP contribution is 2.20. The van der Waals surface area contributed by atoms with Crippen molar-refractivity contribution in [3.8, 4) is 6.07 Å². The molecule has 28 heavy (non-hydrogen) atoms. The van der Waals surface area contributed by atoms with Gasteiger partial charge in [-0.25, -0.2) is 4.79 Å². The van der Waals surface area contributed by atoms with E-state index in [0.717, 1.165) is 28.4 Å². The molecule has 0 bridgehead atoms. The van der Waals surface area contributed by atoms with Crippen LogP contribution >= 0.6 is 11.3 Å². The van der Waals surface area contributed by atoms with Crippen molar-refractivity contribution < 1.29 is 14.3 Å². The Kier molecular flexibility index (Phi) is 7.59. The summed E-state index contributed by atoms with van der Waals surface area (Å²) in [5, 5.41) is 13.9. The van der Waals surface area contributed by atoms with Crippen LogP contribution in [0.5, 0.6) is 0 Å². The van der Waals surface area contributed by atoms with Gasteiger partial charge in [-0.05, 0) is 48.9 Å². The molecule has 0 aliphatic carbocycles. The van der Waals surface area contributed by atoms with Gasteiger partial charge in [0.15, 0.2) is 6.61 Å². The molecule has 0 atom stereocenters. The summed E-state index contributed by atoms with van der Waals surface area (Å²) in [6, 6.07) is 7.62. The number of rotatable bonds is 8. The molecular weight excluding hydrogens is 374 g/mol. The first-order valence-corrected chi connectivity index (χ1v) is 9.94. The zero-order chi connectivity index (χ0) is 20.7. The molecule has 148 valence electrons. The molecule has 2 aromatic rings. The lowest BCUT2D eigenvalue weighted by atomic mass is 10.1.